The molecule has 2 aromatic heterocycles. The lowest BCUT2D eigenvalue weighted by Gasteiger charge is -2.06. The Morgan fingerprint density at radius 2 is 2.17 bits per heavy atom. The van der Waals surface area contributed by atoms with Crippen molar-refractivity contribution in [3.63, 3.8) is 0 Å². The fourth-order valence-electron chi connectivity index (χ4n) is 1.37. The molecular weight excluding hydrogens is 293 g/mol. The summed E-state index contributed by atoms with van der Waals surface area (Å²) in [6, 6.07) is 5.52. The third-order valence-corrected chi connectivity index (χ3v) is 3.51. The van der Waals surface area contributed by atoms with Gasteiger partial charge in [0, 0.05) is 18.1 Å². The molecule has 0 atom stereocenters. The summed E-state index contributed by atoms with van der Waals surface area (Å²) in [5.41, 5.74) is 0. The molecule has 2 heterocycles. The lowest BCUT2D eigenvalue weighted by atomic mass is 10.4. The van der Waals surface area contributed by atoms with Crippen molar-refractivity contribution in [2.24, 2.45) is 0 Å². The number of methoxy groups -OCH3 is 1. The maximum Gasteiger partial charge on any atom is 0.158 e. The zero-order chi connectivity index (χ0) is 13.0. The van der Waals surface area contributed by atoms with Gasteiger partial charge in [-0.1, -0.05) is 23.2 Å². The van der Waals surface area contributed by atoms with Crippen molar-refractivity contribution >= 4 is 40.4 Å². The quantitative estimate of drug-likeness (QED) is 0.857. The first-order chi connectivity index (χ1) is 8.67. The molecule has 1 N–H and O–H groups in total. The number of rotatable bonds is 5. The SMILES string of the molecule is COCc1nc(Cl)cc(NCc2ccc(Cl)s2)n1. The van der Waals surface area contributed by atoms with Crippen LogP contribution in [0.4, 0.5) is 5.82 Å². The van der Waals surface area contributed by atoms with Crippen LogP contribution in [-0.4, -0.2) is 17.1 Å². The highest BCUT2D eigenvalue weighted by molar-refractivity contribution is 7.16. The van der Waals surface area contributed by atoms with Crippen molar-refractivity contribution in [3.8, 4) is 0 Å². The highest BCUT2D eigenvalue weighted by atomic mass is 35.5. The predicted octanol–water partition coefficient (Wildman–Crippen LogP) is 3.60. The molecule has 4 nitrogen and oxygen atoms in total. The molecule has 0 amide bonds. The van der Waals surface area contributed by atoms with Crippen LogP contribution in [0.2, 0.25) is 9.49 Å². The molecule has 96 valence electrons. The summed E-state index contributed by atoms with van der Waals surface area (Å²) >= 11 is 13.3. The summed E-state index contributed by atoms with van der Waals surface area (Å²) in [4.78, 5) is 9.47. The van der Waals surface area contributed by atoms with Gasteiger partial charge in [-0.15, -0.1) is 11.3 Å². The summed E-state index contributed by atoms with van der Waals surface area (Å²) in [7, 11) is 1.59. The minimum absolute atomic E-state index is 0.333. The first kappa shape index (κ1) is 13.5. The van der Waals surface area contributed by atoms with E-state index in [-0.39, 0.29) is 0 Å². The molecule has 0 saturated carbocycles. The van der Waals surface area contributed by atoms with E-state index in [1.807, 2.05) is 12.1 Å². The van der Waals surface area contributed by atoms with Crippen LogP contribution in [0.1, 0.15) is 10.7 Å². The van der Waals surface area contributed by atoms with Crippen molar-refractivity contribution in [2.75, 3.05) is 12.4 Å². The number of nitrogens with zero attached hydrogens (tertiary/aromatic N) is 2. The molecule has 0 spiro atoms. The second-order valence-corrected chi connectivity index (χ2v) is 5.67. The Morgan fingerprint density at radius 3 is 2.83 bits per heavy atom. The Balaban J connectivity index is 2.04. The Labute approximate surface area is 119 Å². The molecule has 0 aliphatic heterocycles. The number of halogens is 2. The van der Waals surface area contributed by atoms with E-state index in [9.17, 15) is 0 Å². The molecule has 18 heavy (non-hydrogen) atoms. The number of thiophene rings is 1. The fourth-order valence-corrected chi connectivity index (χ4v) is 2.60. The monoisotopic (exact) mass is 303 g/mol. The standard InChI is InChI=1S/C11H11Cl2N3OS/c1-17-6-11-15-8(12)4-10(16-11)14-5-7-2-3-9(13)18-7/h2-4H,5-6H2,1H3,(H,14,15,16). The highest BCUT2D eigenvalue weighted by Crippen LogP contribution is 2.22. The van der Waals surface area contributed by atoms with E-state index in [1.165, 1.54) is 11.3 Å². The summed E-state index contributed by atoms with van der Waals surface area (Å²) in [5, 5.41) is 3.57. The summed E-state index contributed by atoms with van der Waals surface area (Å²) in [6.07, 6.45) is 0. The summed E-state index contributed by atoms with van der Waals surface area (Å²) in [6.45, 7) is 0.983. The van der Waals surface area contributed by atoms with E-state index in [0.29, 0.717) is 29.9 Å². The number of aromatic nitrogens is 2. The topological polar surface area (TPSA) is 47.0 Å². The van der Waals surface area contributed by atoms with Crippen LogP contribution in [0, 0.1) is 0 Å². The average molecular weight is 304 g/mol. The van der Waals surface area contributed by atoms with Crippen LogP contribution in [-0.2, 0) is 17.9 Å². The molecule has 0 bridgehead atoms. The van der Waals surface area contributed by atoms with Gasteiger partial charge in [-0.3, -0.25) is 0 Å². The molecule has 0 fully saturated rings. The Bertz CT molecular complexity index is 533. The molecule has 0 aliphatic rings. The summed E-state index contributed by atoms with van der Waals surface area (Å²) < 4.78 is 5.75. The molecule has 2 aromatic rings. The molecule has 0 radical (unpaired) electrons. The van der Waals surface area contributed by atoms with Gasteiger partial charge in [0.15, 0.2) is 5.82 Å². The lowest BCUT2D eigenvalue weighted by molar-refractivity contribution is 0.178. The Hall–Kier alpha value is -0.880. The maximum atomic E-state index is 5.91. The Morgan fingerprint density at radius 1 is 1.33 bits per heavy atom. The fraction of sp³-hybridized carbons (Fsp3) is 0.273. The molecule has 0 aliphatic carbocycles. The van der Waals surface area contributed by atoms with Crippen LogP contribution in [0.5, 0.6) is 0 Å². The first-order valence-electron chi connectivity index (χ1n) is 5.18. The minimum Gasteiger partial charge on any atom is -0.377 e. The predicted molar refractivity (Wildman–Crippen MR) is 74.4 cm³/mol. The Kier molecular flexibility index (Phi) is 4.77. The number of hydrogen-bond donors (Lipinski definition) is 1. The zero-order valence-corrected chi connectivity index (χ0v) is 11.9. The first-order valence-corrected chi connectivity index (χ1v) is 6.75. The third-order valence-electron chi connectivity index (χ3n) is 2.09. The van der Waals surface area contributed by atoms with Crippen molar-refractivity contribution in [2.45, 2.75) is 13.2 Å². The van der Waals surface area contributed by atoms with Gasteiger partial charge in [-0.2, -0.15) is 0 Å². The second kappa shape index (κ2) is 6.33. The minimum atomic E-state index is 0.333. The van der Waals surface area contributed by atoms with Gasteiger partial charge in [-0.25, -0.2) is 9.97 Å². The van der Waals surface area contributed by atoms with Crippen molar-refractivity contribution in [1.29, 1.82) is 0 Å². The van der Waals surface area contributed by atoms with Crippen molar-refractivity contribution < 1.29 is 4.74 Å². The molecule has 0 unspecified atom stereocenters. The summed E-state index contributed by atoms with van der Waals surface area (Å²) in [5.74, 6) is 1.23. The van der Waals surface area contributed by atoms with Crippen LogP contribution in [0.25, 0.3) is 0 Å². The van der Waals surface area contributed by atoms with Gasteiger partial charge in [0.05, 0.1) is 10.9 Å². The van der Waals surface area contributed by atoms with Gasteiger partial charge in [0.25, 0.3) is 0 Å². The molecule has 2 rings (SSSR count). The number of anilines is 1. The van der Waals surface area contributed by atoms with Crippen LogP contribution >= 0.6 is 34.5 Å². The molecule has 0 aromatic carbocycles. The van der Waals surface area contributed by atoms with Crippen molar-refractivity contribution in [1.82, 2.24) is 9.97 Å². The van der Waals surface area contributed by atoms with Crippen molar-refractivity contribution in [3.05, 3.63) is 38.4 Å². The van der Waals surface area contributed by atoms with Gasteiger partial charge in [0.2, 0.25) is 0 Å². The van der Waals surface area contributed by atoms with E-state index in [1.54, 1.807) is 13.2 Å². The van der Waals surface area contributed by atoms with E-state index >= 15 is 0 Å². The molecule has 7 heteroatoms. The van der Waals surface area contributed by atoms with Gasteiger partial charge >= 0.3 is 0 Å². The average Bonchev–Trinajstić information content (AvgIpc) is 2.72. The lowest BCUT2D eigenvalue weighted by Crippen LogP contribution is -2.04. The smallest absolute Gasteiger partial charge is 0.158 e. The largest absolute Gasteiger partial charge is 0.377 e. The normalized spacial score (nSPS) is 10.6. The number of nitrogens with one attached hydrogen (secondary N) is 1. The molecular formula is C11H11Cl2N3OS. The second-order valence-electron chi connectivity index (χ2n) is 3.48. The van der Waals surface area contributed by atoms with Gasteiger partial charge in [0.1, 0.15) is 17.6 Å². The van der Waals surface area contributed by atoms with E-state index in [0.717, 1.165) is 9.21 Å². The van der Waals surface area contributed by atoms with Crippen LogP contribution in [0.3, 0.4) is 0 Å². The van der Waals surface area contributed by atoms with E-state index < -0.39 is 0 Å². The number of ether oxygens (including phenoxy) is 1. The third kappa shape index (κ3) is 3.81. The highest BCUT2D eigenvalue weighted by Gasteiger charge is 2.04. The van der Waals surface area contributed by atoms with Crippen LogP contribution in [0.15, 0.2) is 18.2 Å². The van der Waals surface area contributed by atoms with E-state index in [2.05, 4.69) is 15.3 Å². The zero-order valence-electron chi connectivity index (χ0n) is 9.61. The molecule has 0 saturated heterocycles. The van der Waals surface area contributed by atoms with E-state index in [4.69, 9.17) is 27.9 Å². The van der Waals surface area contributed by atoms with Gasteiger partial charge < -0.3 is 10.1 Å². The van der Waals surface area contributed by atoms with Gasteiger partial charge in [-0.05, 0) is 12.1 Å². The maximum absolute atomic E-state index is 5.91. The number of hydrogen-bond acceptors (Lipinski definition) is 5. The van der Waals surface area contributed by atoms with Crippen LogP contribution < -0.4 is 5.32 Å².